The van der Waals surface area contributed by atoms with E-state index in [4.69, 9.17) is 0 Å². The first-order valence-corrected chi connectivity index (χ1v) is 6.63. The Morgan fingerprint density at radius 1 is 1.11 bits per heavy atom. The Morgan fingerprint density at radius 2 is 1.78 bits per heavy atom. The van der Waals surface area contributed by atoms with E-state index in [1.165, 1.54) is 6.42 Å². The molecule has 0 spiro atoms. The Balaban J connectivity index is 2.07. The van der Waals surface area contributed by atoms with Gasteiger partial charge in [-0.3, -0.25) is 0 Å². The van der Waals surface area contributed by atoms with E-state index in [0.29, 0.717) is 5.92 Å². The summed E-state index contributed by atoms with van der Waals surface area (Å²) in [6.45, 7) is 2.16. The molecule has 0 bridgehead atoms. The molecule has 1 fully saturated rings. The van der Waals surface area contributed by atoms with Crippen LogP contribution in [0.25, 0.3) is 0 Å². The first kappa shape index (κ1) is 13.4. The molecule has 4 heteroatoms. The number of pyridine rings is 1. The van der Waals surface area contributed by atoms with Crippen molar-refractivity contribution in [2.45, 2.75) is 51.4 Å². The average Bonchev–Trinajstić information content (AvgIpc) is 2.35. The number of nitrogens with zero attached hydrogens (tertiary/aromatic N) is 1. The van der Waals surface area contributed by atoms with Crippen molar-refractivity contribution in [3.8, 4) is 0 Å². The Hall–Kier alpha value is -1.06. The predicted molar refractivity (Wildman–Crippen MR) is 63.7 cm³/mol. The summed E-state index contributed by atoms with van der Waals surface area (Å²) in [7, 11) is 0. The molecule has 0 N–H and O–H groups in total. The fraction of sp³-hybridized carbons (Fsp3) is 0.643. The fourth-order valence-corrected chi connectivity index (χ4v) is 2.92. The summed E-state index contributed by atoms with van der Waals surface area (Å²) in [6.07, 6.45) is 6.12. The molecule has 0 amide bonds. The summed E-state index contributed by atoms with van der Waals surface area (Å²) in [5.41, 5.74) is 0.240. The standard InChI is InChI=1S/C14H18F3N/c1-2-3-9-4-6-10(7-5-9)11-8-12(15)14(17)18-13(11)16/h8-10H,2-7H2,1H3. The molecule has 0 radical (unpaired) electrons. The molecule has 1 nitrogen and oxygen atoms in total. The molecular weight excluding hydrogens is 239 g/mol. The number of halogens is 3. The van der Waals surface area contributed by atoms with E-state index in [0.717, 1.165) is 38.2 Å². The zero-order valence-corrected chi connectivity index (χ0v) is 10.6. The Morgan fingerprint density at radius 3 is 2.39 bits per heavy atom. The second-order valence-corrected chi connectivity index (χ2v) is 5.15. The smallest absolute Gasteiger partial charge is 0.202 e. The Labute approximate surface area is 105 Å². The third-order valence-corrected chi connectivity index (χ3v) is 3.90. The average molecular weight is 257 g/mol. The van der Waals surface area contributed by atoms with Crippen molar-refractivity contribution < 1.29 is 13.2 Å². The minimum absolute atomic E-state index is 0.0132. The van der Waals surface area contributed by atoms with Gasteiger partial charge >= 0.3 is 0 Å². The van der Waals surface area contributed by atoms with E-state index >= 15 is 0 Å². The predicted octanol–water partition coefficient (Wildman–Crippen LogP) is 4.57. The second-order valence-electron chi connectivity index (χ2n) is 5.15. The Kier molecular flexibility index (Phi) is 4.25. The van der Waals surface area contributed by atoms with Gasteiger partial charge in [0.05, 0.1) is 0 Å². The van der Waals surface area contributed by atoms with Gasteiger partial charge in [-0.15, -0.1) is 0 Å². The lowest BCUT2D eigenvalue weighted by molar-refractivity contribution is 0.301. The van der Waals surface area contributed by atoms with Gasteiger partial charge in [0.15, 0.2) is 5.82 Å². The van der Waals surface area contributed by atoms with E-state index in [2.05, 4.69) is 11.9 Å². The van der Waals surface area contributed by atoms with Gasteiger partial charge in [-0.2, -0.15) is 13.8 Å². The number of hydrogen-bond acceptors (Lipinski definition) is 1. The molecule has 1 aliphatic rings. The van der Waals surface area contributed by atoms with Crippen LogP contribution in [0.1, 0.15) is 56.9 Å². The highest BCUT2D eigenvalue weighted by atomic mass is 19.2. The van der Waals surface area contributed by atoms with Crippen molar-refractivity contribution in [3.05, 3.63) is 29.3 Å². The quantitative estimate of drug-likeness (QED) is 0.723. The minimum Gasteiger partial charge on any atom is -0.202 e. The largest absolute Gasteiger partial charge is 0.251 e. The van der Waals surface area contributed by atoms with Crippen molar-refractivity contribution in [2.24, 2.45) is 5.92 Å². The lowest BCUT2D eigenvalue weighted by Crippen LogP contribution is -2.15. The van der Waals surface area contributed by atoms with Gasteiger partial charge < -0.3 is 0 Å². The van der Waals surface area contributed by atoms with E-state index in [1.54, 1.807) is 0 Å². The monoisotopic (exact) mass is 257 g/mol. The molecule has 1 heterocycles. The molecule has 18 heavy (non-hydrogen) atoms. The molecule has 2 rings (SSSR count). The van der Waals surface area contributed by atoms with E-state index in [1.807, 2.05) is 0 Å². The number of aromatic nitrogens is 1. The first-order valence-electron chi connectivity index (χ1n) is 6.63. The van der Waals surface area contributed by atoms with Gasteiger partial charge in [0.25, 0.3) is 5.95 Å². The molecule has 0 aromatic carbocycles. The summed E-state index contributed by atoms with van der Waals surface area (Å²) in [5, 5.41) is 0. The maximum absolute atomic E-state index is 13.5. The third-order valence-electron chi connectivity index (χ3n) is 3.90. The van der Waals surface area contributed by atoms with E-state index < -0.39 is 17.7 Å². The van der Waals surface area contributed by atoms with Crippen LogP contribution >= 0.6 is 0 Å². The lowest BCUT2D eigenvalue weighted by atomic mass is 9.77. The number of hydrogen-bond donors (Lipinski definition) is 0. The summed E-state index contributed by atoms with van der Waals surface area (Å²) in [4.78, 5) is 3.00. The molecule has 100 valence electrons. The third kappa shape index (κ3) is 2.85. The first-order chi connectivity index (χ1) is 8.61. The molecular formula is C14H18F3N. The molecule has 0 aliphatic heterocycles. The van der Waals surface area contributed by atoms with Gasteiger partial charge in [-0.05, 0) is 43.6 Å². The van der Waals surface area contributed by atoms with Crippen LogP contribution in [0, 0.1) is 23.6 Å². The summed E-state index contributed by atoms with van der Waals surface area (Å²) in [5.74, 6) is -2.57. The SMILES string of the molecule is CCCC1CCC(c2cc(F)c(F)nc2F)CC1. The van der Waals surface area contributed by atoms with Crippen molar-refractivity contribution >= 4 is 0 Å². The highest BCUT2D eigenvalue weighted by molar-refractivity contribution is 5.18. The Bertz CT molecular complexity index is 412. The normalized spacial score (nSPS) is 24.2. The van der Waals surface area contributed by atoms with Crippen molar-refractivity contribution in [1.29, 1.82) is 0 Å². The van der Waals surface area contributed by atoms with Crippen LogP contribution in [0.4, 0.5) is 13.2 Å². The van der Waals surface area contributed by atoms with Crippen LogP contribution in [0.15, 0.2) is 6.07 Å². The van der Waals surface area contributed by atoms with Crippen LogP contribution in [-0.2, 0) is 0 Å². The van der Waals surface area contributed by atoms with Crippen LogP contribution < -0.4 is 0 Å². The maximum atomic E-state index is 13.5. The van der Waals surface area contributed by atoms with Gasteiger partial charge in [0, 0.05) is 5.56 Å². The van der Waals surface area contributed by atoms with Crippen LogP contribution in [0.2, 0.25) is 0 Å². The van der Waals surface area contributed by atoms with Crippen molar-refractivity contribution in [1.82, 2.24) is 4.98 Å². The van der Waals surface area contributed by atoms with Crippen molar-refractivity contribution in [2.75, 3.05) is 0 Å². The summed E-state index contributed by atoms with van der Waals surface area (Å²) >= 11 is 0. The fourth-order valence-electron chi connectivity index (χ4n) is 2.92. The summed E-state index contributed by atoms with van der Waals surface area (Å²) < 4.78 is 39.4. The van der Waals surface area contributed by atoms with Crippen LogP contribution in [0.3, 0.4) is 0 Å². The zero-order valence-electron chi connectivity index (χ0n) is 10.6. The zero-order chi connectivity index (χ0) is 13.1. The van der Waals surface area contributed by atoms with Crippen LogP contribution in [-0.4, -0.2) is 4.98 Å². The van der Waals surface area contributed by atoms with E-state index in [-0.39, 0.29) is 11.5 Å². The van der Waals surface area contributed by atoms with Gasteiger partial charge in [-0.1, -0.05) is 19.8 Å². The molecule has 1 aromatic heterocycles. The van der Waals surface area contributed by atoms with Gasteiger partial charge in [0.2, 0.25) is 5.95 Å². The van der Waals surface area contributed by atoms with Gasteiger partial charge in [0.1, 0.15) is 0 Å². The molecule has 0 atom stereocenters. The van der Waals surface area contributed by atoms with Gasteiger partial charge in [-0.25, -0.2) is 4.39 Å². The van der Waals surface area contributed by atoms with Crippen molar-refractivity contribution in [3.63, 3.8) is 0 Å². The minimum atomic E-state index is -1.35. The molecule has 1 aromatic rings. The molecule has 0 saturated heterocycles. The maximum Gasteiger partial charge on any atom is 0.251 e. The topological polar surface area (TPSA) is 12.9 Å². The molecule has 1 saturated carbocycles. The highest BCUT2D eigenvalue weighted by Crippen LogP contribution is 2.38. The highest BCUT2D eigenvalue weighted by Gasteiger charge is 2.25. The molecule has 1 aliphatic carbocycles. The van der Waals surface area contributed by atoms with Crippen LogP contribution in [0.5, 0.6) is 0 Å². The second kappa shape index (κ2) is 5.72. The van der Waals surface area contributed by atoms with E-state index in [9.17, 15) is 13.2 Å². The lowest BCUT2D eigenvalue weighted by Gasteiger charge is -2.28. The molecule has 0 unspecified atom stereocenters. The summed E-state index contributed by atoms with van der Waals surface area (Å²) in [6, 6.07) is 0.975. The number of rotatable bonds is 3.